The van der Waals surface area contributed by atoms with E-state index in [4.69, 9.17) is 6.42 Å². The second-order valence-electron chi connectivity index (χ2n) is 4.98. The summed E-state index contributed by atoms with van der Waals surface area (Å²) in [5, 5.41) is 12.7. The molecule has 0 radical (unpaired) electrons. The molecule has 2 rings (SSSR count). The fraction of sp³-hybridized carbons (Fsp3) is 0.222. The Hall–Kier alpha value is -2.40. The van der Waals surface area contributed by atoms with Gasteiger partial charge in [-0.2, -0.15) is 0 Å². The molecule has 1 atom stereocenters. The zero-order valence-electron chi connectivity index (χ0n) is 11.6. The summed E-state index contributed by atoms with van der Waals surface area (Å²) in [6, 6.07) is 15.6. The molecule has 0 aliphatic heterocycles. The van der Waals surface area contributed by atoms with Crippen LogP contribution in [0.3, 0.4) is 0 Å². The van der Waals surface area contributed by atoms with Crippen molar-refractivity contribution in [1.29, 1.82) is 0 Å². The van der Waals surface area contributed by atoms with Gasteiger partial charge in [0.2, 0.25) is 0 Å². The van der Waals surface area contributed by atoms with Crippen LogP contribution >= 0.6 is 0 Å². The van der Waals surface area contributed by atoms with E-state index in [1.54, 1.807) is 12.1 Å². The number of benzene rings is 2. The summed E-state index contributed by atoms with van der Waals surface area (Å²) < 4.78 is 0. The number of nitrogens with one attached hydrogen (secondary N) is 1. The van der Waals surface area contributed by atoms with Crippen molar-refractivity contribution in [3.63, 3.8) is 0 Å². The van der Waals surface area contributed by atoms with Crippen LogP contribution < -0.4 is 5.32 Å². The first-order chi connectivity index (χ1) is 9.67. The molecule has 0 aliphatic rings. The number of phenolic OH excluding ortho intramolecular Hbond substituents is 1. The monoisotopic (exact) mass is 265 g/mol. The van der Waals surface area contributed by atoms with Gasteiger partial charge in [-0.15, -0.1) is 6.42 Å². The molecule has 2 aromatic carbocycles. The van der Waals surface area contributed by atoms with E-state index < -0.39 is 0 Å². The molecule has 0 aromatic heterocycles. The SMILES string of the molecule is C#Cc1cccc(NC(C)CCc2ccc(O)cc2)c1. The van der Waals surface area contributed by atoms with Gasteiger partial charge in [0.25, 0.3) is 0 Å². The van der Waals surface area contributed by atoms with Crippen LogP contribution in [0, 0.1) is 12.3 Å². The van der Waals surface area contributed by atoms with Crippen LogP contribution in [-0.2, 0) is 6.42 Å². The van der Waals surface area contributed by atoms with Gasteiger partial charge >= 0.3 is 0 Å². The molecular weight excluding hydrogens is 246 g/mol. The molecule has 0 saturated heterocycles. The first-order valence-electron chi connectivity index (χ1n) is 6.78. The highest BCUT2D eigenvalue weighted by Gasteiger charge is 2.03. The van der Waals surface area contributed by atoms with Gasteiger partial charge in [-0.25, -0.2) is 0 Å². The molecule has 20 heavy (non-hydrogen) atoms. The largest absolute Gasteiger partial charge is 0.508 e. The van der Waals surface area contributed by atoms with Crippen LogP contribution in [0.4, 0.5) is 5.69 Å². The molecule has 2 heteroatoms. The van der Waals surface area contributed by atoms with E-state index in [0.29, 0.717) is 11.8 Å². The van der Waals surface area contributed by atoms with E-state index in [1.807, 2.05) is 36.4 Å². The summed E-state index contributed by atoms with van der Waals surface area (Å²) >= 11 is 0. The van der Waals surface area contributed by atoms with Crippen molar-refractivity contribution in [3.8, 4) is 18.1 Å². The standard InChI is InChI=1S/C18H19NO/c1-3-15-5-4-6-17(13-15)19-14(2)7-8-16-9-11-18(20)12-10-16/h1,4-6,9-14,19-20H,7-8H2,2H3. The maximum absolute atomic E-state index is 9.25. The van der Waals surface area contributed by atoms with Gasteiger partial charge in [0.05, 0.1) is 0 Å². The summed E-state index contributed by atoms with van der Waals surface area (Å²) in [6.45, 7) is 2.16. The number of terminal acetylenes is 1. The van der Waals surface area contributed by atoms with Gasteiger partial charge in [-0.3, -0.25) is 0 Å². The second-order valence-corrected chi connectivity index (χ2v) is 4.98. The predicted octanol–water partition coefficient (Wildman–Crippen LogP) is 3.81. The van der Waals surface area contributed by atoms with Crippen LogP contribution in [0.15, 0.2) is 48.5 Å². The van der Waals surface area contributed by atoms with E-state index in [1.165, 1.54) is 5.56 Å². The maximum atomic E-state index is 9.25. The number of aryl methyl sites for hydroxylation is 1. The van der Waals surface area contributed by atoms with Crippen LogP contribution in [0.5, 0.6) is 5.75 Å². The lowest BCUT2D eigenvalue weighted by Crippen LogP contribution is -2.16. The minimum Gasteiger partial charge on any atom is -0.508 e. The zero-order chi connectivity index (χ0) is 14.4. The minimum absolute atomic E-state index is 0.311. The van der Waals surface area contributed by atoms with E-state index in [-0.39, 0.29) is 0 Å². The van der Waals surface area contributed by atoms with E-state index in [2.05, 4.69) is 18.2 Å². The van der Waals surface area contributed by atoms with Crippen molar-refractivity contribution in [2.75, 3.05) is 5.32 Å². The van der Waals surface area contributed by atoms with Gasteiger partial charge in [-0.1, -0.05) is 24.1 Å². The van der Waals surface area contributed by atoms with Gasteiger partial charge in [0.1, 0.15) is 5.75 Å². The van der Waals surface area contributed by atoms with Crippen LogP contribution in [0.25, 0.3) is 0 Å². The topological polar surface area (TPSA) is 32.3 Å². The number of phenols is 1. The van der Waals surface area contributed by atoms with Crippen LogP contribution in [-0.4, -0.2) is 11.1 Å². The number of hydrogen-bond donors (Lipinski definition) is 2. The second kappa shape index (κ2) is 6.68. The van der Waals surface area contributed by atoms with Crippen molar-refractivity contribution < 1.29 is 5.11 Å². The van der Waals surface area contributed by atoms with E-state index >= 15 is 0 Å². The van der Waals surface area contributed by atoms with Crippen LogP contribution in [0.1, 0.15) is 24.5 Å². The van der Waals surface area contributed by atoms with Gasteiger partial charge < -0.3 is 10.4 Å². The van der Waals surface area contributed by atoms with Crippen molar-refractivity contribution in [1.82, 2.24) is 0 Å². The molecule has 0 amide bonds. The van der Waals surface area contributed by atoms with E-state index in [0.717, 1.165) is 24.1 Å². The third-order valence-electron chi connectivity index (χ3n) is 3.24. The smallest absolute Gasteiger partial charge is 0.115 e. The Kier molecular flexibility index (Phi) is 4.68. The third kappa shape index (κ3) is 4.07. The Morgan fingerprint density at radius 2 is 1.95 bits per heavy atom. The summed E-state index contributed by atoms with van der Waals surface area (Å²) in [7, 11) is 0. The average Bonchev–Trinajstić information content (AvgIpc) is 2.47. The summed E-state index contributed by atoms with van der Waals surface area (Å²) in [5.41, 5.74) is 3.17. The molecule has 0 aliphatic carbocycles. The Balaban J connectivity index is 1.87. The zero-order valence-corrected chi connectivity index (χ0v) is 11.6. The summed E-state index contributed by atoms with van der Waals surface area (Å²) in [4.78, 5) is 0. The van der Waals surface area contributed by atoms with Gasteiger partial charge in [0, 0.05) is 17.3 Å². The Labute approximate surface area is 120 Å². The average molecular weight is 265 g/mol. The molecule has 0 heterocycles. The number of aromatic hydroxyl groups is 1. The van der Waals surface area contributed by atoms with Crippen molar-refractivity contribution >= 4 is 5.69 Å². The molecule has 0 bridgehead atoms. The summed E-state index contributed by atoms with van der Waals surface area (Å²) in [6.07, 6.45) is 7.39. The Morgan fingerprint density at radius 3 is 2.65 bits per heavy atom. The molecular formula is C18H19NO. The van der Waals surface area contributed by atoms with E-state index in [9.17, 15) is 5.11 Å². The molecule has 0 fully saturated rings. The lowest BCUT2D eigenvalue weighted by molar-refractivity contribution is 0.475. The highest BCUT2D eigenvalue weighted by Crippen LogP contribution is 2.15. The van der Waals surface area contributed by atoms with Crippen LogP contribution in [0.2, 0.25) is 0 Å². The molecule has 1 unspecified atom stereocenters. The molecule has 2 nitrogen and oxygen atoms in total. The molecule has 0 spiro atoms. The van der Waals surface area contributed by atoms with Crippen molar-refractivity contribution in [2.24, 2.45) is 0 Å². The molecule has 0 saturated carbocycles. The third-order valence-corrected chi connectivity index (χ3v) is 3.24. The highest BCUT2D eigenvalue weighted by molar-refractivity contribution is 5.50. The fourth-order valence-corrected chi connectivity index (χ4v) is 2.10. The summed E-state index contributed by atoms with van der Waals surface area (Å²) in [5.74, 6) is 2.95. The quantitative estimate of drug-likeness (QED) is 0.806. The highest BCUT2D eigenvalue weighted by atomic mass is 16.3. The number of anilines is 1. The number of rotatable bonds is 5. The minimum atomic E-state index is 0.311. The van der Waals surface area contributed by atoms with Crippen molar-refractivity contribution in [2.45, 2.75) is 25.8 Å². The maximum Gasteiger partial charge on any atom is 0.115 e. The molecule has 102 valence electrons. The fourth-order valence-electron chi connectivity index (χ4n) is 2.10. The molecule has 2 N–H and O–H groups in total. The van der Waals surface area contributed by atoms with Gasteiger partial charge in [0.15, 0.2) is 0 Å². The predicted molar refractivity (Wildman–Crippen MR) is 83.9 cm³/mol. The Morgan fingerprint density at radius 1 is 1.20 bits per heavy atom. The molecule has 2 aromatic rings. The first kappa shape index (κ1) is 14.0. The Bertz CT molecular complexity index is 596. The first-order valence-corrected chi connectivity index (χ1v) is 6.78. The normalized spacial score (nSPS) is 11.6. The lowest BCUT2D eigenvalue weighted by Gasteiger charge is -2.15. The number of hydrogen-bond acceptors (Lipinski definition) is 2. The van der Waals surface area contributed by atoms with Gasteiger partial charge in [-0.05, 0) is 55.7 Å². The van der Waals surface area contributed by atoms with Crippen molar-refractivity contribution in [3.05, 3.63) is 59.7 Å². The lowest BCUT2D eigenvalue weighted by atomic mass is 10.1.